The summed E-state index contributed by atoms with van der Waals surface area (Å²) in [5.41, 5.74) is 1.17. The molecule has 0 aliphatic carbocycles. The van der Waals surface area contributed by atoms with Crippen molar-refractivity contribution in [2.24, 2.45) is 0 Å². The Kier molecular flexibility index (Phi) is 4.14. The third-order valence-electron chi connectivity index (χ3n) is 3.02. The van der Waals surface area contributed by atoms with Gasteiger partial charge in [0.15, 0.2) is 0 Å². The van der Waals surface area contributed by atoms with Crippen LogP contribution in [0.25, 0.3) is 0 Å². The van der Waals surface area contributed by atoms with Crippen molar-refractivity contribution in [1.29, 1.82) is 0 Å². The monoisotopic (exact) mass is 237 g/mol. The first-order chi connectivity index (χ1) is 8.31. The van der Waals surface area contributed by atoms with Gasteiger partial charge < -0.3 is 14.6 Å². The largest absolute Gasteiger partial charge is 0.466 e. The Morgan fingerprint density at radius 1 is 1.71 bits per heavy atom. The highest BCUT2D eigenvalue weighted by molar-refractivity contribution is 5.69. The van der Waals surface area contributed by atoms with Crippen LogP contribution in [0.3, 0.4) is 0 Å². The van der Waals surface area contributed by atoms with Gasteiger partial charge in [-0.3, -0.25) is 4.79 Å². The molecule has 5 nitrogen and oxygen atoms in total. The van der Waals surface area contributed by atoms with Gasteiger partial charge in [0.2, 0.25) is 0 Å². The van der Waals surface area contributed by atoms with Crippen molar-refractivity contribution in [3.05, 3.63) is 18.2 Å². The normalized spacial score (nSPS) is 19.5. The molecule has 0 radical (unpaired) electrons. The van der Waals surface area contributed by atoms with E-state index in [0.717, 1.165) is 13.0 Å². The molecule has 94 valence electrons. The first-order valence-corrected chi connectivity index (χ1v) is 6.20. The van der Waals surface area contributed by atoms with Crippen LogP contribution in [-0.4, -0.2) is 28.7 Å². The summed E-state index contributed by atoms with van der Waals surface area (Å²) in [6.45, 7) is 3.98. The van der Waals surface area contributed by atoms with Crippen LogP contribution in [0, 0.1) is 0 Å². The minimum Gasteiger partial charge on any atom is -0.466 e. The number of rotatable bonds is 5. The summed E-state index contributed by atoms with van der Waals surface area (Å²) in [6.07, 6.45) is 6.42. The molecule has 1 aliphatic rings. The number of hydrogen-bond donors (Lipinski definition) is 1. The molecule has 1 fully saturated rings. The first kappa shape index (κ1) is 12.1. The van der Waals surface area contributed by atoms with E-state index >= 15 is 0 Å². The quantitative estimate of drug-likeness (QED) is 0.783. The van der Waals surface area contributed by atoms with Gasteiger partial charge in [-0.05, 0) is 26.3 Å². The number of aromatic nitrogens is 2. The summed E-state index contributed by atoms with van der Waals surface area (Å²) >= 11 is 0. The average Bonchev–Trinajstić information content (AvgIpc) is 2.97. The number of carbonyl (C=O) groups is 1. The highest BCUT2D eigenvalue weighted by Crippen LogP contribution is 2.22. The SMILES string of the molecule is CCOC(=O)CCn1cncc1C1CCCN1. The fraction of sp³-hybridized carbons (Fsp3) is 0.667. The fourth-order valence-corrected chi connectivity index (χ4v) is 2.19. The van der Waals surface area contributed by atoms with Crippen LogP contribution in [0.4, 0.5) is 0 Å². The number of nitrogens with zero attached hydrogens (tertiary/aromatic N) is 2. The molecule has 1 atom stereocenters. The Morgan fingerprint density at radius 3 is 3.29 bits per heavy atom. The van der Waals surface area contributed by atoms with Crippen LogP contribution in [0.2, 0.25) is 0 Å². The van der Waals surface area contributed by atoms with Gasteiger partial charge in [0.1, 0.15) is 0 Å². The van der Waals surface area contributed by atoms with Crippen LogP contribution < -0.4 is 5.32 Å². The molecule has 5 heteroatoms. The highest BCUT2D eigenvalue weighted by atomic mass is 16.5. The topological polar surface area (TPSA) is 56.2 Å². The molecule has 1 unspecified atom stereocenters. The molecule has 1 N–H and O–H groups in total. The molecule has 1 aliphatic heterocycles. The Morgan fingerprint density at radius 2 is 2.59 bits per heavy atom. The molecule has 1 aromatic heterocycles. The van der Waals surface area contributed by atoms with Crippen molar-refractivity contribution in [3.8, 4) is 0 Å². The number of ether oxygens (including phenoxy) is 1. The van der Waals surface area contributed by atoms with Gasteiger partial charge in [0.25, 0.3) is 0 Å². The summed E-state index contributed by atoms with van der Waals surface area (Å²) in [5, 5.41) is 3.44. The number of imidazole rings is 1. The molecule has 2 rings (SSSR count). The van der Waals surface area contributed by atoms with Crippen molar-refractivity contribution < 1.29 is 9.53 Å². The fourth-order valence-electron chi connectivity index (χ4n) is 2.19. The molecule has 0 spiro atoms. The van der Waals surface area contributed by atoms with E-state index in [-0.39, 0.29) is 5.97 Å². The summed E-state index contributed by atoms with van der Waals surface area (Å²) < 4.78 is 6.96. The van der Waals surface area contributed by atoms with Gasteiger partial charge in [-0.15, -0.1) is 0 Å². The summed E-state index contributed by atoms with van der Waals surface area (Å²) in [6, 6.07) is 0.389. The van der Waals surface area contributed by atoms with E-state index in [1.54, 1.807) is 6.33 Å². The van der Waals surface area contributed by atoms with E-state index in [9.17, 15) is 4.79 Å². The van der Waals surface area contributed by atoms with Gasteiger partial charge in [-0.1, -0.05) is 0 Å². The molecular formula is C12H19N3O2. The number of aryl methyl sites for hydroxylation is 1. The number of hydrogen-bond acceptors (Lipinski definition) is 4. The molecule has 0 aromatic carbocycles. The maximum atomic E-state index is 11.3. The minimum absolute atomic E-state index is 0.147. The standard InChI is InChI=1S/C12H19N3O2/c1-2-17-12(16)5-7-15-9-13-8-11(15)10-4-3-6-14-10/h8-10,14H,2-7H2,1H3. The van der Waals surface area contributed by atoms with E-state index in [1.807, 2.05) is 17.7 Å². The summed E-state index contributed by atoms with van der Waals surface area (Å²) in [4.78, 5) is 15.5. The van der Waals surface area contributed by atoms with Gasteiger partial charge in [0, 0.05) is 18.8 Å². The van der Waals surface area contributed by atoms with E-state index in [4.69, 9.17) is 4.74 Å². The second-order valence-corrected chi connectivity index (χ2v) is 4.22. The Bertz CT molecular complexity index is 370. The smallest absolute Gasteiger partial charge is 0.307 e. The number of carbonyl (C=O) groups excluding carboxylic acids is 1. The van der Waals surface area contributed by atoms with E-state index < -0.39 is 0 Å². The first-order valence-electron chi connectivity index (χ1n) is 6.20. The number of esters is 1. The lowest BCUT2D eigenvalue weighted by Gasteiger charge is -2.13. The second-order valence-electron chi connectivity index (χ2n) is 4.22. The Labute approximate surface area is 101 Å². The zero-order valence-corrected chi connectivity index (χ0v) is 10.2. The zero-order chi connectivity index (χ0) is 12.1. The van der Waals surface area contributed by atoms with Crippen LogP contribution in [0.1, 0.15) is 37.9 Å². The van der Waals surface area contributed by atoms with E-state index in [2.05, 4.69) is 10.3 Å². The minimum atomic E-state index is -0.147. The van der Waals surface area contributed by atoms with E-state index in [1.165, 1.54) is 12.1 Å². The van der Waals surface area contributed by atoms with Gasteiger partial charge in [-0.2, -0.15) is 0 Å². The van der Waals surface area contributed by atoms with Crippen molar-refractivity contribution in [3.63, 3.8) is 0 Å². The number of nitrogens with one attached hydrogen (secondary N) is 1. The Balaban J connectivity index is 1.92. The predicted molar refractivity (Wildman–Crippen MR) is 63.5 cm³/mol. The molecule has 2 heterocycles. The lowest BCUT2D eigenvalue weighted by molar-refractivity contribution is -0.143. The molecule has 1 saturated heterocycles. The third-order valence-corrected chi connectivity index (χ3v) is 3.02. The lowest BCUT2D eigenvalue weighted by Crippen LogP contribution is -2.18. The molecule has 0 saturated carbocycles. The average molecular weight is 237 g/mol. The summed E-state index contributed by atoms with van der Waals surface area (Å²) in [5.74, 6) is -0.147. The Hall–Kier alpha value is -1.36. The van der Waals surface area contributed by atoms with Crippen molar-refractivity contribution in [1.82, 2.24) is 14.9 Å². The predicted octanol–water partition coefficient (Wildman–Crippen LogP) is 1.26. The van der Waals surface area contributed by atoms with Crippen LogP contribution in [0.15, 0.2) is 12.5 Å². The van der Waals surface area contributed by atoms with Crippen molar-refractivity contribution in [2.75, 3.05) is 13.2 Å². The molecule has 0 bridgehead atoms. The van der Waals surface area contributed by atoms with Gasteiger partial charge >= 0.3 is 5.97 Å². The van der Waals surface area contributed by atoms with Crippen LogP contribution >= 0.6 is 0 Å². The van der Waals surface area contributed by atoms with E-state index in [0.29, 0.717) is 25.6 Å². The van der Waals surface area contributed by atoms with Crippen LogP contribution in [0.5, 0.6) is 0 Å². The van der Waals surface area contributed by atoms with Crippen molar-refractivity contribution in [2.45, 2.75) is 38.8 Å². The van der Waals surface area contributed by atoms with Crippen molar-refractivity contribution >= 4 is 5.97 Å². The molecule has 17 heavy (non-hydrogen) atoms. The molecule has 1 aromatic rings. The maximum absolute atomic E-state index is 11.3. The molecular weight excluding hydrogens is 218 g/mol. The molecule has 0 amide bonds. The zero-order valence-electron chi connectivity index (χ0n) is 10.2. The maximum Gasteiger partial charge on any atom is 0.307 e. The summed E-state index contributed by atoms with van der Waals surface area (Å²) in [7, 11) is 0. The highest BCUT2D eigenvalue weighted by Gasteiger charge is 2.19. The third kappa shape index (κ3) is 3.06. The van der Waals surface area contributed by atoms with Crippen LogP contribution in [-0.2, 0) is 16.1 Å². The second kappa shape index (κ2) is 5.82. The van der Waals surface area contributed by atoms with Gasteiger partial charge in [0.05, 0.1) is 25.0 Å². The van der Waals surface area contributed by atoms with Gasteiger partial charge in [-0.25, -0.2) is 4.98 Å². The lowest BCUT2D eigenvalue weighted by atomic mass is 10.2.